The van der Waals surface area contributed by atoms with Crippen molar-refractivity contribution in [2.24, 2.45) is 0 Å². The van der Waals surface area contributed by atoms with Gasteiger partial charge in [0.15, 0.2) is 6.29 Å². The van der Waals surface area contributed by atoms with Crippen LogP contribution in [0, 0.1) is 0 Å². The number of rotatable bonds is 41. The highest BCUT2D eigenvalue weighted by atomic mass is 16.7. The van der Waals surface area contributed by atoms with Crippen LogP contribution in [0.3, 0.4) is 0 Å². The predicted molar refractivity (Wildman–Crippen MR) is 280 cm³/mol. The Balaban J connectivity index is 2.22. The average Bonchev–Trinajstić information content (AvgIpc) is 3.33. The zero-order chi connectivity index (χ0) is 48.7. The van der Waals surface area contributed by atoms with E-state index in [9.17, 15) is 30.3 Å². The van der Waals surface area contributed by atoms with Crippen LogP contribution in [-0.2, 0) is 14.3 Å². The zero-order valence-electron chi connectivity index (χ0n) is 41.6. The van der Waals surface area contributed by atoms with Crippen molar-refractivity contribution in [1.29, 1.82) is 0 Å². The van der Waals surface area contributed by atoms with E-state index in [1.165, 1.54) is 25.7 Å². The first-order valence-electron chi connectivity index (χ1n) is 25.9. The van der Waals surface area contributed by atoms with E-state index < -0.39 is 49.5 Å². The van der Waals surface area contributed by atoms with Gasteiger partial charge in [-0.25, -0.2) is 0 Å². The minimum absolute atomic E-state index is 0.209. The normalized spacial score (nSPS) is 20.9. The molecule has 0 saturated carbocycles. The van der Waals surface area contributed by atoms with E-state index in [1.54, 1.807) is 6.08 Å². The summed E-state index contributed by atoms with van der Waals surface area (Å²) in [6, 6.07) is -0.841. The molecule has 378 valence electrons. The van der Waals surface area contributed by atoms with Crippen LogP contribution in [0.5, 0.6) is 0 Å². The molecule has 1 fully saturated rings. The predicted octanol–water partition coefficient (Wildman–Crippen LogP) is 12.2. The summed E-state index contributed by atoms with van der Waals surface area (Å²) in [5.41, 5.74) is 0. The Morgan fingerprint density at radius 1 is 0.522 bits per heavy atom. The monoisotopic (exact) mass is 932 g/mol. The van der Waals surface area contributed by atoms with Crippen molar-refractivity contribution in [3.63, 3.8) is 0 Å². The lowest BCUT2D eigenvalue weighted by atomic mass is 9.99. The fourth-order valence-corrected chi connectivity index (χ4v) is 7.09. The molecule has 1 aliphatic heterocycles. The molecule has 1 saturated heterocycles. The minimum atomic E-state index is -1.58. The molecule has 9 heteroatoms. The van der Waals surface area contributed by atoms with E-state index in [-0.39, 0.29) is 12.5 Å². The van der Waals surface area contributed by atoms with E-state index in [2.05, 4.69) is 141 Å². The standard InChI is InChI=1S/C58H93NO8/c1-3-5-7-9-11-13-15-16-17-18-19-20-21-22-23-24-25-26-27-28-29-30-31-32-33-34-35-36-38-40-42-44-46-48-54(62)59-51(50-66-58-57(65)56(64)55(63)53(49-60)67-58)52(61)47-45-43-41-39-37-14-12-10-8-6-4-2/h5,7-8,10-11,13,16-17,19-20,22-23,25-26,28-29,31-32,37,39,45,47,51-53,55-58,60-61,63-65H,3-4,6,9,12,14-15,18,21,24,27,30,33-36,38,40-44,46,48-50H2,1-2H3,(H,59,62)/b7-5-,10-8+,13-11-,17-16-,20-19-,23-22-,26-25-,29-28-,32-31-,39-37+,47-45+. The van der Waals surface area contributed by atoms with Gasteiger partial charge in [0.25, 0.3) is 0 Å². The van der Waals surface area contributed by atoms with Gasteiger partial charge < -0.3 is 40.3 Å². The molecule has 7 unspecified atom stereocenters. The molecule has 0 aromatic rings. The van der Waals surface area contributed by atoms with Gasteiger partial charge in [-0.1, -0.05) is 192 Å². The molecular weight excluding hydrogens is 839 g/mol. The van der Waals surface area contributed by atoms with Gasteiger partial charge in [-0.3, -0.25) is 4.79 Å². The van der Waals surface area contributed by atoms with Crippen molar-refractivity contribution >= 4 is 5.91 Å². The first-order valence-corrected chi connectivity index (χ1v) is 25.9. The van der Waals surface area contributed by atoms with Crippen LogP contribution in [-0.4, -0.2) is 87.5 Å². The Morgan fingerprint density at radius 2 is 0.940 bits per heavy atom. The number of carbonyl (C=O) groups is 1. The SMILES string of the molecule is CC/C=C\C/C=C\C/C=C\C/C=C\C/C=C\C/C=C\C/C=C\C/C=C\CCCCCCCCCCC(=O)NC(COC1OC(CO)C(O)C(O)C1O)C(O)/C=C/CC/C=C/CC/C=C/CCC. The van der Waals surface area contributed by atoms with Crippen molar-refractivity contribution in [2.75, 3.05) is 13.2 Å². The van der Waals surface area contributed by atoms with Gasteiger partial charge in [-0.05, 0) is 103 Å². The summed E-state index contributed by atoms with van der Waals surface area (Å²) in [4.78, 5) is 13.0. The topological polar surface area (TPSA) is 149 Å². The maximum Gasteiger partial charge on any atom is 0.220 e. The molecule has 1 amide bonds. The van der Waals surface area contributed by atoms with Gasteiger partial charge in [-0.15, -0.1) is 0 Å². The quantitative estimate of drug-likeness (QED) is 0.0262. The van der Waals surface area contributed by atoms with Gasteiger partial charge in [0.1, 0.15) is 24.4 Å². The van der Waals surface area contributed by atoms with E-state index in [1.807, 2.05) is 6.08 Å². The lowest BCUT2D eigenvalue weighted by Gasteiger charge is -2.40. The molecule has 0 aromatic carbocycles. The van der Waals surface area contributed by atoms with E-state index in [0.29, 0.717) is 6.42 Å². The molecular formula is C58H93NO8. The van der Waals surface area contributed by atoms with Crippen molar-refractivity contribution in [3.8, 4) is 0 Å². The zero-order valence-corrected chi connectivity index (χ0v) is 41.6. The van der Waals surface area contributed by atoms with Gasteiger partial charge in [0.2, 0.25) is 5.91 Å². The number of unbranched alkanes of at least 4 members (excludes halogenated alkanes) is 11. The summed E-state index contributed by atoms with van der Waals surface area (Å²) in [6.07, 6.45) is 63.7. The summed E-state index contributed by atoms with van der Waals surface area (Å²) in [5.74, 6) is -0.209. The molecule has 1 heterocycles. The van der Waals surface area contributed by atoms with Crippen molar-refractivity contribution in [1.82, 2.24) is 5.32 Å². The molecule has 1 rings (SSSR count). The maximum absolute atomic E-state index is 13.0. The van der Waals surface area contributed by atoms with Gasteiger partial charge in [-0.2, -0.15) is 0 Å². The summed E-state index contributed by atoms with van der Waals surface area (Å²) in [7, 11) is 0. The lowest BCUT2D eigenvalue weighted by molar-refractivity contribution is -0.302. The molecule has 0 aliphatic carbocycles. The molecule has 0 aromatic heterocycles. The van der Waals surface area contributed by atoms with Crippen LogP contribution in [0.2, 0.25) is 0 Å². The number of aliphatic hydroxyl groups excluding tert-OH is 5. The van der Waals surface area contributed by atoms with Crippen molar-refractivity contribution < 1.29 is 39.8 Å². The second kappa shape index (κ2) is 46.1. The molecule has 9 nitrogen and oxygen atoms in total. The Hall–Kier alpha value is -3.67. The summed E-state index contributed by atoms with van der Waals surface area (Å²) < 4.78 is 11.2. The second-order valence-corrected chi connectivity index (χ2v) is 17.2. The fourth-order valence-electron chi connectivity index (χ4n) is 7.09. The number of hydrogen-bond acceptors (Lipinski definition) is 8. The Morgan fingerprint density at radius 3 is 1.42 bits per heavy atom. The Kier molecular flexibility index (Phi) is 42.2. The highest BCUT2D eigenvalue weighted by molar-refractivity contribution is 5.76. The van der Waals surface area contributed by atoms with Gasteiger partial charge in [0, 0.05) is 6.42 Å². The molecule has 0 radical (unpaired) electrons. The van der Waals surface area contributed by atoms with Crippen LogP contribution >= 0.6 is 0 Å². The molecule has 1 aliphatic rings. The Labute approximate surface area is 407 Å². The summed E-state index contributed by atoms with van der Waals surface area (Å²) in [6.45, 7) is 3.53. The minimum Gasteiger partial charge on any atom is -0.394 e. The fraction of sp³-hybridized carbons (Fsp3) is 0.603. The van der Waals surface area contributed by atoms with Crippen molar-refractivity contribution in [3.05, 3.63) is 134 Å². The number of carbonyl (C=O) groups excluding carboxylic acids is 1. The van der Waals surface area contributed by atoms with Crippen molar-refractivity contribution in [2.45, 2.75) is 211 Å². The van der Waals surface area contributed by atoms with Crippen LogP contribution in [0.4, 0.5) is 0 Å². The summed E-state index contributed by atoms with van der Waals surface area (Å²) in [5, 5.41) is 54.2. The smallest absolute Gasteiger partial charge is 0.220 e. The third kappa shape index (κ3) is 36.0. The third-order valence-electron chi connectivity index (χ3n) is 11.2. The number of ether oxygens (including phenoxy) is 2. The average molecular weight is 932 g/mol. The molecule has 0 spiro atoms. The second-order valence-electron chi connectivity index (χ2n) is 17.2. The molecule has 7 atom stereocenters. The van der Waals surface area contributed by atoms with E-state index in [0.717, 1.165) is 122 Å². The van der Waals surface area contributed by atoms with Gasteiger partial charge in [0.05, 0.1) is 25.4 Å². The lowest BCUT2D eigenvalue weighted by Crippen LogP contribution is -2.60. The van der Waals surface area contributed by atoms with Crippen LogP contribution in [0.25, 0.3) is 0 Å². The van der Waals surface area contributed by atoms with Crippen LogP contribution in [0.15, 0.2) is 134 Å². The summed E-state index contributed by atoms with van der Waals surface area (Å²) >= 11 is 0. The number of aliphatic hydroxyl groups is 5. The first-order chi connectivity index (χ1) is 32.8. The Bertz CT molecular complexity index is 1500. The van der Waals surface area contributed by atoms with Crippen LogP contribution < -0.4 is 5.32 Å². The molecule has 0 bridgehead atoms. The molecule has 6 N–H and O–H groups in total. The maximum atomic E-state index is 13.0. The molecule has 67 heavy (non-hydrogen) atoms. The largest absolute Gasteiger partial charge is 0.394 e. The third-order valence-corrected chi connectivity index (χ3v) is 11.2. The van der Waals surface area contributed by atoms with E-state index >= 15 is 0 Å². The number of nitrogens with one attached hydrogen (secondary N) is 1. The number of hydrogen-bond donors (Lipinski definition) is 6. The van der Waals surface area contributed by atoms with E-state index in [4.69, 9.17) is 9.47 Å². The van der Waals surface area contributed by atoms with Crippen LogP contribution in [0.1, 0.15) is 168 Å². The highest BCUT2D eigenvalue weighted by Gasteiger charge is 2.44. The number of amides is 1. The highest BCUT2D eigenvalue weighted by Crippen LogP contribution is 2.22. The number of allylic oxidation sites excluding steroid dienone is 21. The van der Waals surface area contributed by atoms with Gasteiger partial charge >= 0.3 is 0 Å². The first kappa shape index (κ1) is 61.3.